The summed E-state index contributed by atoms with van der Waals surface area (Å²) in [5, 5.41) is 0. The van der Waals surface area contributed by atoms with Crippen LogP contribution in [0.25, 0.3) is 0 Å². The van der Waals surface area contributed by atoms with Crippen molar-refractivity contribution in [2.45, 2.75) is 17.7 Å². The molecule has 0 fully saturated rings. The van der Waals surface area contributed by atoms with Crippen LogP contribution in [0.5, 0.6) is 5.75 Å². The maximum absolute atomic E-state index is 13.8. The molecule has 1 aromatic carbocycles. The smallest absolute Gasteiger partial charge is 0.269 e. The van der Waals surface area contributed by atoms with E-state index in [9.17, 15) is 22.0 Å². The Hall–Kier alpha value is -1.50. The zero-order chi connectivity index (χ0) is 15.1. The van der Waals surface area contributed by atoms with E-state index in [4.69, 9.17) is 4.74 Å². The minimum absolute atomic E-state index is 0.0418. The van der Waals surface area contributed by atoms with Crippen LogP contribution in [0.15, 0.2) is 41.3 Å². The van der Waals surface area contributed by atoms with E-state index in [0.29, 0.717) is 11.6 Å². The molecule has 0 amide bonds. The fraction of sp³-hybridized carbons (Fsp3) is 0.231. The van der Waals surface area contributed by atoms with E-state index in [-0.39, 0.29) is 23.5 Å². The minimum atomic E-state index is -1.92. The second kappa shape index (κ2) is 7.94. The molecule has 0 unspecified atom stereocenters. The van der Waals surface area contributed by atoms with Crippen LogP contribution in [-0.4, -0.2) is 6.61 Å². The van der Waals surface area contributed by atoms with Gasteiger partial charge >= 0.3 is 0 Å². The standard InChI is InChI=1S/C13H11F5OS/c14-10(15)3-1-2-8-4-5-9(12(18)13(8)20)19-7-6-11(16)17/h3-6,20H,1-2,7H2. The van der Waals surface area contributed by atoms with Gasteiger partial charge in [0.1, 0.15) is 6.61 Å². The zero-order valence-corrected chi connectivity index (χ0v) is 11.1. The van der Waals surface area contributed by atoms with E-state index in [1.807, 2.05) is 0 Å². The lowest BCUT2D eigenvalue weighted by atomic mass is 10.1. The number of ether oxygens (including phenoxy) is 1. The second-order valence-corrected chi connectivity index (χ2v) is 4.17. The maximum Gasteiger partial charge on any atom is 0.269 e. The van der Waals surface area contributed by atoms with Gasteiger partial charge in [0.05, 0.1) is 0 Å². The Labute approximate surface area is 118 Å². The Morgan fingerprint density at radius 2 is 1.75 bits per heavy atom. The highest BCUT2D eigenvalue weighted by Gasteiger charge is 2.11. The van der Waals surface area contributed by atoms with Gasteiger partial charge < -0.3 is 4.74 Å². The van der Waals surface area contributed by atoms with Crippen molar-refractivity contribution in [1.29, 1.82) is 0 Å². The van der Waals surface area contributed by atoms with Crippen molar-refractivity contribution in [1.82, 2.24) is 0 Å². The largest absolute Gasteiger partial charge is 0.486 e. The summed E-state index contributed by atoms with van der Waals surface area (Å²) in [5.74, 6) is -1.02. The predicted molar refractivity (Wildman–Crippen MR) is 68.1 cm³/mol. The quantitative estimate of drug-likeness (QED) is 0.575. The van der Waals surface area contributed by atoms with E-state index in [1.54, 1.807) is 0 Å². The first-order valence-corrected chi connectivity index (χ1v) is 6.02. The van der Waals surface area contributed by atoms with E-state index in [0.717, 1.165) is 6.08 Å². The molecule has 7 heteroatoms. The number of hydrogen-bond donors (Lipinski definition) is 1. The summed E-state index contributed by atoms with van der Waals surface area (Å²) >= 11 is 3.94. The third kappa shape index (κ3) is 5.24. The molecule has 1 nitrogen and oxygen atoms in total. The normalized spacial score (nSPS) is 10.1. The Kier molecular flexibility index (Phi) is 6.57. The van der Waals surface area contributed by atoms with E-state index in [1.165, 1.54) is 12.1 Å². The molecular formula is C13H11F5OS. The molecule has 0 radical (unpaired) electrons. The van der Waals surface area contributed by atoms with Gasteiger partial charge in [-0.1, -0.05) is 6.07 Å². The topological polar surface area (TPSA) is 9.23 Å². The third-order valence-electron chi connectivity index (χ3n) is 2.35. The number of benzene rings is 1. The van der Waals surface area contributed by atoms with Gasteiger partial charge in [0.2, 0.25) is 0 Å². The molecule has 0 aliphatic rings. The summed E-state index contributed by atoms with van der Waals surface area (Å²) in [4.78, 5) is -0.0418. The van der Waals surface area contributed by atoms with Gasteiger partial charge in [0, 0.05) is 11.0 Å². The Morgan fingerprint density at radius 1 is 1.10 bits per heavy atom. The summed E-state index contributed by atoms with van der Waals surface area (Å²) in [6.07, 6.45) is -2.26. The average Bonchev–Trinajstić information content (AvgIpc) is 2.36. The summed E-state index contributed by atoms with van der Waals surface area (Å²) in [6, 6.07) is 2.71. The van der Waals surface area contributed by atoms with Crippen molar-refractivity contribution >= 4 is 12.6 Å². The third-order valence-corrected chi connectivity index (χ3v) is 2.84. The van der Waals surface area contributed by atoms with Crippen LogP contribution in [0.3, 0.4) is 0 Å². The van der Waals surface area contributed by atoms with Crippen molar-refractivity contribution in [3.63, 3.8) is 0 Å². The van der Waals surface area contributed by atoms with Gasteiger partial charge in [-0.25, -0.2) is 4.39 Å². The molecule has 0 bridgehead atoms. The summed E-state index contributed by atoms with van der Waals surface area (Å²) in [6.45, 7) is -0.471. The highest BCUT2D eigenvalue weighted by Crippen LogP contribution is 2.28. The van der Waals surface area contributed by atoms with Crippen molar-refractivity contribution in [3.8, 4) is 5.75 Å². The molecule has 1 aromatic rings. The average molecular weight is 310 g/mol. The van der Waals surface area contributed by atoms with Crippen LogP contribution in [-0.2, 0) is 6.42 Å². The SMILES string of the molecule is FC(F)=CCCc1ccc(OCC=C(F)F)c(F)c1S. The van der Waals surface area contributed by atoms with Crippen molar-refractivity contribution < 1.29 is 26.7 Å². The number of hydrogen-bond acceptors (Lipinski definition) is 2. The summed E-state index contributed by atoms with van der Waals surface area (Å²) in [7, 11) is 0. The number of thiol groups is 1. The molecule has 0 heterocycles. The molecule has 0 aromatic heterocycles. The lowest BCUT2D eigenvalue weighted by molar-refractivity contribution is 0.325. The predicted octanol–water partition coefficient (Wildman–Crippen LogP) is 4.99. The van der Waals surface area contributed by atoms with Crippen molar-refractivity contribution in [3.05, 3.63) is 47.8 Å². The highest BCUT2D eigenvalue weighted by molar-refractivity contribution is 7.80. The molecule has 0 atom stereocenters. The molecule has 20 heavy (non-hydrogen) atoms. The number of halogens is 5. The summed E-state index contributed by atoms with van der Waals surface area (Å²) < 4.78 is 65.9. The summed E-state index contributed by atoms with van der Waals surface area (Å²) in [5.41, 5.74) is 0.433. The minimum Gasteiger partial charge on any atom is -0.486 e. The van der Waals surface area contributed by atoms with Gasteiger partial charge in [-0.15, -0.1) is 12.6 Å². The monoisotopic (exact) mass is 310 g/mol. The lowest BCUT2D eigenvalue weighted by Gasteiger charge is -2.10. The van der Waals surface area contributed by atoms with Gasteiger partial charge in [-0.2, -0.15) is 17.6 Å². The van der Waals surface area contributed by atoms with Crippen LogP contribution in [0, 0.1) is 5.82 Å². The van der Waals surface area contributed by atoms with E-state index in [2.05, 4.69) is 12.6 Å². The molecular weight excluding hydrogens is 299 g/mol. The molecule has 0 spiro atoms. The molecule has 1 rings (SSSR count). The first-order chi connectivity index (χ1) is 9.41. The Balaban J connectivity index is 2.76. The van der Waals surface area contributed by atoms with Gasteiger partial charge in [0.15, 0.2) is 11.6 Å². The number of allylic oxidation sites excluding steroid dienone is 1. The van der Waals surface area contributed by atoms with Crippen LogP contribution in [0.4, 0.5) is 22.0 Å². The zero-order valence-electron chi connectivity index (χ0n) is 10.2. The first-order valence-electron chi connectivity index (χ1n) is 5.57. The molecule has 0 N–H and O–H groups in total. The Morgan fingerprint density at radius 3 is 2.35 bits per heavy atom. The highest BCUT2D eigenvalue weighted by atomic mass is 32.1. The van der Waals surface area contributed by atoms with Crippen LogP contribution in [0.1, 0.15) is 12.0 Å². The van der Waals surface area contributed by atoms with Gasteiger partial charge in [0.25, 0.3) is 12.2 Å². The van der Waals surface area contributed by atoms with Crippen molar-refractivity contribution in [2.75, 3.05) is 6.61 Å². The van der Waals surface area contributed by atoms with Crippen molar-refractivity contribution in [2.24, 2.45) is 0 Å². The molecule has 0 saturated carbocycles. The van der Waals surface area contributed by atoms with E-state index >= 15 is 0 Å². The molecule has 0 saturated heterocycles. The van der Waals surface area contributed by atoms with Crippen LogP contribution < -0.4 is 4.74 Å². The first kappa shape index (κ1) is 16.6. The van der Waals surface area contributed by atoms with Gasteiger partial charge in [-0.3, -0.25) is 0 Å². The molecule has 110 valence electrons. The Bertz CT molecular complexity index is 473. The lowest BCUT2D eigenvalue weighted by Crippen LogP contribution is -1.99. The van der Waals surface area contributed by atoms with E-state index < -0.39 is 24.6 Å². The fourth-order valence-electron chi connectivity index (χ4n) is 1.43. The van der Waals surface area contributed by atoms with Crippen LogP contribution >= 0.6 is 12.6 Å². The molecule has 0 aliphatic heterocycles. The maximum atomic E-state index is 13.8. The number of aryl methyl sites for hydroxylation is 1. The second-order valence-electron chi connectivity index (χ2n) is 3.72. The van der Waals surface area contributed by atoms with Crippen LogP contribution in [0.2, 0.25) is 0 Å². The molecule has 0 aliphatic carbocycles. The number of rotatable bonds is 6. The fourth-order valence-corrected chi connectivity index (χ4v) is 1.73. The van der Waals surface area contributed by atoms with Gasteiger partial charge in [-0.05, 0) is 30.5 Å².